The number of hydrogen-bond donors (Lipinski definition) is 0. The van der Waals surface area contributed by atoms with Gasteiger partial charge in [-0.05, 0) is 25.1 Å². The Morgan fingerprint density at radius 1 is 1.38 bits per heavy atom. The molecule has 1 unspecified atom stereocenters. The summed E-state index contributed by atoms with van der Waals surface area (Å²) < 4.78 is 21.5. The van der Waals surface area contributed by atoms with E-state index in [0.717, 1.165) is 37.4 Å². The number of methoxy groups -OCH3 is 1. The van der Waals surface area contributed by atoms with Gasteiger partial charge in [0, 0.05) is 19.5 Å². The van der Waals surface area contributed by atoms with Crippen LogP contribution in [0.4, 0.5) is 4.79 Å². The van der Waals surface area contributed by atoms with Gasteiger partial charge in [-0.3, -0.25) is 4.90 Å². The van der Waals surface area contributed by atoms with Crippen molar-refractivity contribution in [3.8, 4) is 11.5 Å². The first-order chi connectivity index (χ1) is 11.7. The second kappa shape index (κ2) is 7.94. The van der Waals surface area contributed by atoms with Gasteiger partial charge in [-0.15, -0.1) is 11.6 Å². The standard InChI is InChI=1S/C17H22ClNO5/c1-21-17(20)24-16-10-19(9-7-13(16)18)8-6-12-11-22-14-4-2-3-5-15(14)23-12/h2-5,12-13,16H,6-11H2,1H3/t12?,13-,16-/m0/s1. The molecule has 0 saturated carbocycles. The largest absolute Gasteiger partial charge is 0.508 e. The maximum Gasteiger partial charge on any atom is 0.508 e. The molecule has 6 nitrogen and oxygen atoms in total. The Labute approximate surface area is 146 Å². The first-order valence-corrected chi connectivity index (χ1v) is 8.59. The zero-order chi connectivity index (χ0) is 16.9. The van der Waals surface area contributed by atoms with E-state index in [1.807, 2.05) is 24.3 Å². The van der Waals surface area contributed by atoms with Gasteiger partial charge in [0.05, 0.1) is 12.5 Å². The minimum atomic E-state index is -0.687. The fourth-order valence-electron chi connectivity index (χ4n) is 2.97. The van der Waals surface area contributed by atoms with Crippen LogP contribution in [0.15, 0.2) is 24.3 Å². The smallest absolute Gasteiger partial charge is 0.486 e. The van der Waals surface area contributed by atoms with E-state index in [1.165, 1.54) is 7.11 Å². The Kier molecular flexibility index (Phi) is 5.68. The van der Waals surface area contributed by atoms with E-state index < -0.39 is 6.16 Å². The number of likely N-dealkylation sites (tertiary alicyclic amines) is 1. The topological polar surface area (TPSA) is 57.2 Å². The lowest BCUT2D eigenvalue weighted by atomic mass is 10.1. The molecular formula is C17H22ClNO5. The predicted molar refractivity (Wildman–Crippen MR) is 88.9 cm³/mol. The highest BCUT2D eigenvalue weighted by atomic mass is 35.5. The van der Waals surface area contributed by atoms with Gasteiger partial charge in [-0.2, -0.15) is 0 Å². The van der Waals surface area contributed by atoms with E-state index in [0.29, 0.717) is 13.2 Å². The molecular weight excluding hydrogens is 334 g/mol. The van der Waals surface area contributed by atoms with Crippen molar-refractivity contribution in [2.75, 3.05) is 33.4 Å². The third-order valence-electron chi connectivity index (χ3n) is 4.31. The summed E-state index contributed by atoms with van der Waals surface area (Å²) in [5.74, 6) is 1.59. The number of para-hydroxylation sites is 2. The van der Waals surface area contributed by atoms with E-state index in [2.05, 4.69) is 9.64 Å². The minimum absolute atomic E-state index is 0.0219. The van der Waals surface area contributed by atoms with Crippen molar-refractivity contribution in [1.82, 2.24) is 4.90 Å². The fraction of sp³-hybridized carbons (Fsp3) is 0.588. The summed E-state index contributed by atoms with van der Waals surface area (Å²) in [7, 11) is 1.30. The van der Waals surface area contributed by atoms with E-state index >= 15 is 0 Å². The summed E-state index contributed by atoms with van der Waals surface area (Å²) in [6.45, 7) is 2.86. The van der Waals surface area contributed by atoms with Gasteiger partial charge in [0.1, 0.15) is 18.8 Å². The molecule has 0 amide bonds. The van der Waals surface area contributed by atoms with Crippen LogP contribution >= 0.6 is 11.6 Å². The molecule has 3 atom stereocenters. The first-order valence-electron chi connectivity index (χ1n) is 8.15. The molecule has 1 aromatic rings. The summed E-state index contributed by atoms with van der Waals surface area (Å²) in [5, 5.41) is -0.179. The number of carbonyl (C=O) groups is 1. The van der Waals surface area contributed by atoms with Gasteiger partial charge in [0.2, 0.25) is 0 Å². The van der Waals surface area contributed by atoms with Crippen LogP contribution in [0.5, 0.6) is 11.5 Å². The molecule has 1 fully saturated rings. The molecule has 0 aliphatic carbocycles. The highest BCUT2D eigenvalue weighted by Crippen LogP contribution is 2.31. The zero-order valence-corrected chi connectivity index (χ0v) is 14.4. The number of ether oxygens (including phenoxy) is 4. The molecule has 2 heterocycles. The van der Waals surface area contributed by atoms with E-state index in [-0.39, 0.29) is 17.6 Å². The zero-order valence-electron chi connectivity index (χ0n) is 13.7. The van der Waals surface area contributed by atoms with Crippen molar-refractivity contribution < 1.29 is 23.7 Å². The number of halogens is 1. The normalized spacial score (nSPS) is 26.7. The number of piperidine rings is 1. The first kappa shape index (κ1) is 17.2. The van der Waals surface area contributed by atoms with Gasteiger partial charge in [-0.25, -0.2) is 4.79 Å². The number of fused-ring (bicyclic) bond motifs is 1. The number of hydrogen-bond acceptors (Lipinski definition) is 6. The summed E-state index contributed by atoms with van der Waals surface area (Å²) >= 11 is 6.25. The lowest BCUT2D eigenvalue weighted by molar-refractivity contribution is 0.00180. The van der Waals surface area contributed by atoms with Crippen LogP contribution in [0.25, 0.3) is 0 Å². The Hall–Kier alpha value is -1.66. The number of alkyl halides is 1. The van der Waals surface area contributed by atoms with Crippen molar-refractivity contribution in [2.24, 2.45) is 0 Å². The molecule has 24 heavy (non-hydrogen) atoms. The Morgan fingerprint density at radius 2 is 2.17 bits per heavy atom. The van der Waals surface area contributed by atoms with Gasteiger partial charge in [0.15, 0.2) is 11.5 Å². The van der Waals surface area contributed by atoms with Crippen molar-refractivity contribution in [3.05, 3.63) is 24.3 Å². The number of nitrogens with zero attached hydrogens (tertiary/aromatic N) is 1. The average Bonchev–Trinajstić information content (AvgIpc) is 2.62. The third-order valence-corrected chi connectivity index (χ3v) is 4.81. The maximum atomic E-state index is 11.3. The molecule has 1 saturated heterocycles. The summed E-state index contributed by atoms with van der Waals surface area (Å²) in [6, 6.07) is 7.69. The van der Waals surface area contributed by atoms with Crippen molar-refractivity contribution >= 4 is 17.8 Å². The van der Waals surface area contributed by atoms with Gasteiger partial charge in [0.25, 0.3) is 0 Å². The second-order valence-electron chi connectivity index (χ2n) is 6.00. The van der Waals surface area contributed by atoms with Crippen molar-refractivity contribution in [1.29, 1.82) is 0 Å². The molecule has 3 rings (SSSR count). The summed E-state index contributed by atoms with van der Waals surface area (Å²) in [5.41, 5.74) is 0. The highest BCUT2D eigenvalue weighted by Gasteiger charge is 2.31. The van der Waals surface area contributed by atoms with Gasteiger partial charge >= 0.3 is 6.16 Å². The van der Waals surface area contributed by atoms with Gasteiger partial charge in [-0.1, -0.05) is 12.1 Å². The van der Waals surface area contributed by atoms with Crippen molar-refractivity contribution in [2.45, 2.75) is 30.4 Å². The second-order valence-corrected chi connectivity index (χ2v) is 6.56. The summed E-state index contributed by atoms with van der Waals surface area (Å²) in [6.07, 6.45) is 0.596. The van der Waals surface area contributed by atoms with Crippen LogP contribution in [-0.2, 0) is 9.47 Å². The third kappa shape index (κ3) is 4.24. The van der Waals surface area contributed by atoms with E-state index in [1.54, 1.807) is 0 Å². The SMILES string of the molecule is COC(=O)O[C@H]1CN(CCC2COc3ccccc3O2)CC[C@@H]1Cl. The number of carbonyl (C=O) groups excluding carboxylic acids is 1. The molecule has 1 aromatic carbocycles. The fourth-order valence-corrected chi connectivity index (χ4v) is 3.20. The van der Waals surface area contributed by atoms with Crippen LogP contribution in [0, 0.1) is 0 Å². The molecule has 0 radical (unpaired) electrons. The monoisotopic (exact) mass is 355 g/mol. The predicted octanol–water partition coefficient (Wildman–Crippen LogP) is 2.68. The lowest BCUT2D eigenvalue weighted by Gasteiger charge is -2.36. The number of rotatable bonds is 4. The van der Waals surface area contributed by atoms with Crippen LogP contribution < -0.4 is 9.47 Å². The lowest BCUT2D eigenvalue weighted by Crippen LogP contribution is -2.47. The minimum Gasteiger partial charge on any atom is -0.486 e. The van der Waals surface area contributed by atoms with E-state index in [9.17, 15) is 4.79 Å². The highest BCUT2D eigenvalue weighted by molar-refractivity contribution is 6.21. The maximum absolute atomic E-state index is 11.3. The molecule has 0 bridgehead atoms. The Morgan fingerprint density at radius 3 is 2.96 bits per heavy atom. The van der Waals surface area contributed by atoms with E-state index in [4.69, 9.17) is 25.8 Å². The number of benzene rings is 1. The molecule has 0 spiro atoms. The molecule has 7 heteroatoms. The van der Waals surface area contributed by atoms with Crippen LogP contribution in [-0.4, -0.2) is 62.0 Å². The Bertz CT molecular complexity index is 570. The average molecular weight is 356 g/mol. The Balaban J connectivity index is 1.47. The van der Waals surface area contributed by atoms with Crippen LogP contribution in [0.1, 0.15) is 12.8 Å². The molecule has 132 valence electrons. The molecule has 2 aliphatic rings. The van der Waals surface area contributed by atoms with Gasteiger partial charge < -0.3 is 18.9 Å². The summed E-state index contributed by atoms with van der Waals surface area (Å²) in [4.78, 5) is 13.5. The quantitative estimate of drug-likeness (QED) is 0.611. The molecule has 0 aromatic heterocycles. The molecule has 0 N–H and O–H groups in total. The van der Waals surface area contributed by atoms with Crippen LogP contribution in [0.2, 0.25) is 0 Å². The van der Waals surface area contributed by atoms with Crippen molar-refractivity contribution in [3.63, 3.8) is 0 Å². The van der Waals surface area contributed by atoms with Crippen LogP contribution in [0.3, 0.4) is 0 Å². The molecule has 2 aliphatic heterocycles.